The van der Waals surface area contributed by atoms with Crippen LogP contribution in [0.1, 0.15) is 25.1 Å². The maximum absolute atomic E-state index is 12.8. The monoisotopic (exact) mass is 356 g/mol. The molecule has 0 unspecified atom stereocenters. The Kier molecular flexibility index (Phi) is 4.80. The average Bonchev–Trinajstić information content (AvgIpc) is 2.55. The Hall–Kier alpha value is -2.02. The van der Waals surface area contributed by atoms with Crippen molar-refractivity contribution in [1.82, 2.24) is 9.97 Å². The molecule has 1 fully saturated rings. The molecule has 1 aliphatic rings. The van der Waals surface area contributed by atoms with Crippen molar-refractivity contribution >= 4 is 28.8 Å². The van der Waals surface area contributed by atoms with Crippen LogP contribution in [0.15, 0.2) is 30.3 Å². The molecule has 0 amide bonds. The van der Waals surface area contributed by atoms with Crippen molar-refractivity contribution in [1.29, 1.82) is 0 Å². The van der Waals surface area contributed by atoms with Gasteiger partial charge < -0.3 is 10.2 Å². The van der Waals surface area contributed by atoms with Crippen LogP contribution in [-0.2, 0) is 6.18 Å². The standard InChI is InChI=1S/C16H16ClF3N4/c17-13-10-14(23-15(22-13)16(18,19)20)21-11-6-2-3-7-12(11)24-8-4-1-5-9-24/h2-3,6-7,10H,1,4-5,8-9H2,(H,21,22,23). The molecule has 0 atom stereocenters. The van der Waals surface area contributed by atoms with Gasteiger partial charge in [0.15, 0.2) is 0 Å². The molecule has 2 heterocycles. The number of nitrogens with zero attached hydrogens (tertiary/aromatic N) is 3. The van der Waals surface area contributed by atoms with Crippen LogP contribution in [0.2, 0.25) is 5.15 Å². The van der Waals surface area contributed by atoms with Gasteiger partial charge in [-0.2, -0.15) is 13.2 Å². The fraction of sp³-hybridized carbons (Fsp3) is 0.375. The minimum absolute atomic E-state index is 0.0202. The van der Waals surface area contributed by atoms with E-state index in [1.807, 2.05) is 24.3 Å². The normalized spacial score (nSPS) is 15.4. The van der Waals surface area contributed by atoms with Crippen molar-refractivity contribution in [2.24, 2.45) is 0 Å². The van der Waals surface area contributed by atoms with Gasteiger partial charge in [-0.15, -0.1) is 0 Å². The van der Waals surface area contributed by atoms with Gasteiger partial charge in [0.05, 0.1) is 11.4 Å². The van der Waals surface area contributed by atoms with Crippen molar-refractivity contribution in [2.45, 2.75) is 25.4 Å². The Bertz CT molecular complexity index is 715. The molecule has 0 spiro atoms. The van der Waals surface area contributed by atoms with Gasteiger partial charge >= 0.3 is 6.18 Å². The first-order valence-electron chi connectivity index (χ1n) is 7.66. The second kappa shape index (κ2) is 6.84. The summed E-state index contributed by atoms with van der Waals surface area (Å²) in [6, 6.07) is 8.77. The summed E-state index contributed by atoms with van der Waals surface area (Å²) in [5.41, 5.74) is 1.64. The number of hydrogen-bond donors (Lipinski definition) is 1. The second-order valence-electron chi connectivity index (χ2n) is 5.59. The SMILES string of the molecule is FC(F)(F)c1nc(Cl)cc(Nc2ccccc2N2CCCCC2)n1. The summed E-state index contributed by atoms with van der Waals surface area (Å²) < 4.78 is 38.5. The third-order valence-corrected chi connectivity index (χ3v) is 4.01. The van der Waals surface area contributed by atoms with Gasteiger partial charge in [-0.1, -0.05) is 23.7 Å². The van der Waals surface area contributed by atoms with Crippen molar-refractivity contribution in [3.8, 4) is 0 Å². The number of hydrogen-bond acceptors (Lipinski definition) is 4. The largest absolute Gasteiger partial charge is 0.451 e. The van der Waals surface area contributed by atoms with Crippen LogP contribution in [0.25, 0.3) is 0 Å². The lowest BCUT2D eigenvalue weighted by Gasteiger charge is -2.30. The maximum Gasteiger partial charge on any atom is 0.451 e. The van der Waals surface area contributed by atoms with Gasteiger partial charge in [0.2, 0.25) is 5.82 Å². The predicted molar refractivity (Wildman–Crippen MR) is 87.8 cm³/mol. The van der Waals surface area contributed by atoms with E-state index in [4.69, 9.17) is 11.6 Å². The zero-order chi connectivity index (χ0) is 17.2. The highest BCUT2D eigenvalue weighted by molar-refractivity contribution is 6.29. The van der Waals surface area contributed by atoms with E-state index in [9.17, 15) is 13.2 Å². The number of para-hydroxylation sites is 2. The van der Waals surface area contributed by atoms with Crippen LogP contribution >= 0.6 is 11.6 Å². The third-order valence-electron chi connectivity index (χ3n) is 3.81. The molecule has 2 aromatic rings. The van der Waals surface area contributed by atoms with Crippen molar-refractivity contribution < 1.29 is 13.2 Å². The lowest BCUT2D eigenvalue weighted by Crippen LogP contribution is -2.29. The highest BCUT2D eigenvalue weighted by Gasteiger charge is 2.35. The Morgan fingerprint density at radius 1 is 1.04 bits per heavy atom. The molecule has 1 aromatic heterocycles. The van der Waals surface area contributed by atoms with Crippen LogP contribution in [0.4, 0.5) is 30.4 Å². The van der Waals surface area contributed by atoms with Gasteiger partial charge in [0, 0.05) is 19.2 Å². The highest BCUT2D eigenvalue weighted by atomic mass is 35.5. The topological polar surface area (TPSA) is 41.1 Å². The predicted octanol–water partition coefficient (Wildman–Crippen LogP) is 4.88. The van der Waals surface area contributed by atoms with E-state index in [1.54, 1.807) is 0 Å². The summed E-state index contributed by atoms with van der Waals surface area (Å²) in [7, 11) is 0. The molecule has 1 saturated heterocycles. The zero-order valence-corrected chi connectivity index (χ0v) is 13.5. The first-order valence-corrected chi connectivity index (χ1v) is 8.04. The van der Waals surface area contributed by atoms with Crippen molar-refractivity contribution in [3.63, 3.8) is 0 Å². The van der Waals surface area contributed by atoms with E-state index >= 15 is 0 Å². The fourth-order valence-electron chi connectivity index (χ4n) is 2.74. The van der Waals surface area contributed by atoms with Gasteiger partial charge in [-0.05, 0) is 31.4 Å². The number of halogens is 4. The quantitative estimate of drug-likeness (QED) is 0.795. The molecule has 3 rings (SSSR count). The van der Waals surface area contributed by atoms with E-state index < -0.39 is 12.0 Å². The smallest absolute Gasteiger partial charge is 0.370 e. The summed E-state index contributed by atoms with van der Waals surface area (Å²) in [6.45, 7) is 1.86. The number of aromatic nitrogens is 2. The Labute approximate surface area is 142 Å². The molecule has 4 nitrogen and oxygen atoms in total. The van der Waals surface area contributed by atoms with E-state index in [1.165, 1.54) is 12.5 Å². The van der Waals surface area contributed by atoms with Crippen LogP contribution in [0, 0.1) is 0 Å². The Morgan fingerprint density at radius 2 is 1.75 bits per heavy atom. The zero-order valence-electron chi connectivity index (χ0n) is 12.8. The summed E-state index contributed by atoms with van der Waals surface area (Å²) in [4.78, 5) is 9.00. The van der Waals surface area contributed by atoms with Gasteiger partial charge in [0.25, 0.3) is 0 Å². The summed E-state index contributed by atoms with van der Waals surface area (Å²) >= 11 is 5.71. The molecule has 1 aromatic carbocycles. The van der Waals surface area contributed by atoms with Crippen LogP contribution in [-0.4, -0.2) is 23.1 Å². The second-order valence-corrected chi connectivity index (χ2v) is 5.97. The molecule has 0 radical (unpaired) electrons. The molecule has 1 aliphatic heterocycles. The van der Waals surface area contributed by atoms with E-state index in [0.717, 1.165) is 31.6 Å². The molecular weight excluding hydrogens is 341 g/mol. The van der Waals surface area contributed by atoms with Crippen LogP contribution < -0.4 is 10.2 Å². The molecule has 8 heteroatoms. The molecular formula is C16H16ClF3N4. The molecule has 1 N–H and O–H groups in total. The molecule has 0 saturated carbocycles. The van der Waals surface area contributed by atoms with E-state index in [-0.39, 0.29) is 11.0 Å². The van der Waals surface area contributed by atoms with Crippen molar-refractivity contribution in [2.75, 3.05) is 23.3 Å². The number of benzene rings is 1. The first kappa shape index (κ1) is 16.8. The number of alkyl halides is 3. The minimum atomic E-state index is -4.65. The molecule has 0 bridgehead atoms. The van der Waals surface area contributed by atoms with E-state index in [2.05, 4.69) is 20.2 Å². The summed E-state index contributed by atoms with van der Waals surface area (Å²) in [5.74, 6) is -1.24. The van der Waals surface area contributed by atoms with Crippen LogP contribution in [0.3, 0.4) is 0 Å². The van der Waals surface area contributed by atoms with Gasteiger partial charge in [-0.3, -0.25) is 0 Å². The number of nitrogens with one attached hydrogen (secondary N) is 1. The highest BCUT2D eigenvalue weighted by Crippen LogP contribution is 2.32. The summed E-state index contributed by atoms with van der Waals surface area (Å²) in [6.07, 6.45) is -1.24. The number of anilines is 3. The molecule has 24 heavy (non-hydrogen) atoms. The average molecular weight is 357 g/mol. The van der Waals surface area contributed by atoms with Crippen LogP contribution in [0.5, 0.6) is 0 Å². The third kappa shape index (κ3) is 3.90. The minimum Gasteiger partial charge on any atom is -0.370 e. The van der Waals surface area contributed by atoms with E-state index in [0.29, 0.717) is 5.69 Å². The molecule has 0 aliphatic carbocycles. The Balaban J connectivity index is 1.90. The number of piperidine rings is 1. The number of rotatable bonds is 3. The Morgan fingerprint density at radius 3 is 2.46 bits per heavy atom. The molecule has 128 valence electrons. The lowest BCUT2D eigenvalue weighted by atomic mass is 10.1. The first-order chi connectivity index (χ1) is 11.4. The lowest BCUT2D eigenvalue weighted by molar-refractivity contribution is -0.144. The maximum atomic E-state index is 12.8. The fourth-order valence-corrected chi connectivity index (χ4v) is 2.92. The van der Waals surface area contributed by atoms with Gasteiger partial charge in [-0.25, -0.2) is 9.97 Å². The van der Waals surface area contributed by atoms with Crippen molar-refractivity contribution in [3.05, 3.63) is 41.3 Å². The van der Waals surface area contributed by atoms with Gasteiger partial charge in [0.1, 0.15) is 11.0 Å². The summed E-state index contributed by atoms with van der Waals surface area (Å²) in [5, 5.41) is 2.69.